The third kappa shape index (κ3) is 3.01. The van der Waals surface area contributed by atoms with Crippen LogP contribution in [0.15, 0.2) is 40.5 Å². The number of hydrogen-bond acceptors (Lipinski definition) is 6. The minimum atomic E-state index is -4.32. The minimum absolute atomic E-state index is 0.149. The van der Waals surface area contributed by atoms with Crippen molar-refractivity contribution >= 4 is 22.0 Å². The van der Waals surface area contributed by atoms with Crippen molar-refractivity contribution in [1.29, 1.82) is 0 Å². The van der Waals surface area contributed by atoms with Crippen LogP contribution in [0.2, 0.25) is 0 Å². The molecule has 0 spiro atoms. The van der Waals surface area contributed by atoms with Gasteiger partial charge in [-0.1, -0.05) is 21.0 Å². The van der Waals surface area contributed by atoms with Crippen molar-refractivity contribution in [2.24, 2.45) is 5.10 Å². The topological polar surface area (TPSA) is 85.2 Å². The lowest BCUT2D eigenvalue weighted by atomic mass is 10.2. The van der Waals surface area contributed by atoms with Crippen LogP contribution in [0.3, 0.4) is 0 Å². The first-order valence-corrected chi connectivity index (χ1v) is 6.54. The highest BCUT2D eigenvalue weighted by atomic mass is 32.2. The molecule has 7 nitrogen and oxygen atoms in total. The van der Waals surface area contributed by atoms with E-state index in [1.807, 2.05) is 0 Å². The summed E-state index contributed by atoms with van der Waals surface area (Å²) >= 11 is 0. The molecule has 0 saturated heterocycles. The maximum absolute atomic E-state index is 13.3. The van der Waals surface area contributed by atoms with Crippen LogP contribution in [0.4, 0.5) is 10.2 Å². The van der Waals surface area contributed by atoms with Gasteiger partial charge in [0.15, 0.2) is 0 Å². The lowest BCUT2D eigenvalue weighted by molar-refractivity contribution is -0.112. The molecule has 1 aromatic carbocycles. The Kier molecular flexibility index (Phi) is 3.40. The van der Waals surface area contributed by atoms with E-state index >= 15 is 0 Å². The van der Waals surface area contributed by atoms with Gasteiger partial charge in [-0.05, 0) is 30.7 Å². The Morgan fingerprint density at radius 2 is 2.21 bits per heavy atom. The molecule has 0 unspecified atom stereocenters. The molecule has 2 rings (SSSR count). The number of hydrogen-bond donors (Lipinski definition) is 2. The van der Waals surface area contributed by atoms with Crippen molar-refractivity contribution in [1.82, 2.24) is 10.5 Å². The van der Waals surface area contributed by atoms with E-state index < -0.39 is 10.1 Å². The van der Waals surface area contributed by atoms with Crippen LogP contribution in [-0.4, -0.2) is 29.6 Å². The van der Waals surface area contributed by atoms with E-state index in [1.165, 1.54) is 24.3 Å². The highest BCUT2D eigenvalue weighted by molar-refractivity contribution is 7.85. The molecule has 0 aromatic heterocycles. The molecule has 0 amide bonds. The number of benzene rings is 1. The summed E-state index contributed by atoms with van der Waals surface area (Å²) < 4.78 is 44.3. The number of allylic oxidation sites excluding steroid dienone is 1. The molecule has 1 radical (unpaired) electrons. The summed E-state index contributed by atoms with van der Waals surface area (Å²) in [5.41, 5.74) is 3.46. The molecule has 1 heterocycles. The highest BCUT2D eigenvalue weighted by Gasteiger charge is 2.15. The summed E-state index contributed by atoms with van der Waals surface area (Å²) in [7, 11) is -4.32. The molecule has 1 aliphatic rings. The molecule has 1 aromatic rings. The summed E-state index contributed by atoms with van der Waals surface area (Å²) in [5, 5.41) is 4.43. The van der Waals surface area contributed by atoms with Gasteiger partial charge in [0.1, 0.15) is 6.21 Å². The van der Waals surface area contributed by atoms with E-state index in [1.54, 1.807) is 6.92 Å². The molecule has 2 N–H and O–H groups in total. The zero-order valence-corrected chi connectivity index (χ0v) is 10.6. The second kappa shape index (κ2) is 4.86. The van der Waals surface area contributed by atoms with E-state index in [2.05, 4.69) is 16.7 Å². The Labute approximate surface area is 109 Å². The van der Waals surface area contributed by atoms with E-state index in [0.717, 1.165) is 11.4 Å². The van der Waals surface area contributed by atoms with Crippen molar-refractivity contribution in [3.8, 4) is 0 Å². The Morgan fingerprint density at radius 3 is 2.84 bits per heavy atom. The molecule has 19 heavy (non-hydrogen) atoms. The van der Waals surface area contributed by atoms with E-state index in [-0.39, 0.29) is 15.8 Å². The molecule has 0 bridgehead atoms. The molecule has 0 saturated carbocycles. The van der Waals surface area contributed by atoms with Crippen molar-refractivity contribution in [3.05, 3.63) is 36.0 Å². The SMILES string of the molecule is Cc1ccc(S(=O)(=O)O)cc1NN1N=[C]C=CN1F. The molecular formula is C10H10FN4O3S. The van der Waals surface area contributed by atoms with Crippen molar-refractivity contribution < 1.29 is 17.5 Å². The van der Waals surface area contributed by atoms with Crippen molar-refractivity contribution in [2.75, 3.05) is 5.43 Å². The fraction of sp³-hybridized carbons (Fsp3) is 0.100. The van der Waals surface area contributed by atoms with Gasteiger partial charge in [-0.2, -0.15) is 8.42 Å². The van der Waals surface area contributed by atoms with Gasteiger partial charge in [0.2, 0.25) is 0 Å². The quantitative estimate of drug-likeness (QED) is 0.644. The van der Waals surface area contributed by atoms with Gasteiger partial charge in [0.25, 0.3) is 10.1 Å². The number of aryl methyl sites for hydroxylation is 1. The summed E-state index contributed by atoms with van der Waals surface area (Å²) in [5.74, 6) is 0. The van der Waals surface area contributed by atoms with Crippen LogP contribution in [0, 0.1) is 6.92 Å². The van der Waals surface area contributed by atoms with Gasteiger partial charge in [-0.25, -0.2) is 0 Å². The highest BCUT2D eigenvalue weighted by Crippen LogP contribution is 2.21. The Bertz CT molecular complexity index is 644. The van der Waals surface area contributed by atoms with Gasteiger partial charge in [-0.3, -0.25) is 9.98 Å². The van der Waals surface area contributed by atoms with E-state index in [4.69, 9.17) is 4.55 Å². The molecule has 0 fully saturated rings. The number of nitrogens with zero attached hydrogens (tertiary/aromatic N) is 3. The molecular weight excluding hydrogens is 275 g/mol. The maximum Gasteiger partial charge on any atom is 0.294 e. The molecule has 1 aliphatic heterocycles. The first-order chi connectivity index (χ1) is 8.88. The minimum Gasteiger partial charge on any atom is -0.282 e. The summed E-state index contributed by atoms with van der Waals surface area (Å²) in [6.07, 6.45) is 4.73. The summed E-state index contributed by atoms with van der Waals surface area (Å²) in [4.78, 5) is -0.300. The Morgan fingerprint density at radius 1 is 1.47 bits per heavy atom. The molecule has 0 aliphatic carbocycles. The van der Waals surface area contributed by atoms with Crippen LogP contribution in [0.1, 0.15) is 5.56 Å². The standard InChI is InChI=1S/C10H10FN4O3S/c1-8-3-4-9(19(16,17)18)7-10(8)13-15-12-5-2-6-14(15)11/h2-4,6-7,13H,1H3,(H,16,17,18). The van der Waals surface area contributed by atoms with E-state index in [9.17, 15) is 12.9 Å². The largest absolute Gasteiger partial charge is 0.294 e. The first kappa shape index (κ1) is 13.3. The fourth-order valence-corrected chi connectivity index (χ4v) is 1.86. The van der Waals surface area contributed by atoms with Gasteiger partial charge in [-0.15, -0.1) is 5.10 Å². The third-order valence-electron chi connectivity index (χ3n) is 2.33. The lowest BCUT2D eigenvalue weighted by Gasteiger charge is -2.26. The fourth-order valence-electron chi connectivity index (χ4n) is 1.35. The van der Waals surface area contributed by atoms with Crippen LogP contribution in [0.5, 0.6) is 0 Å². The zero-order valence-electron chi connectivity index (χ0n) is 9.78. The number of rotatable bonds is 3. The smallest absolute Gasteiger partial charge is 0.282 e. The maximum atomic E-state index is 13.3. The van der Waals surface area contributed by atoms with Gasteiger partial charge < -0.3 is 0 Å². The average molecular weight is 285 g/mol. The number of hydrazone groups is 1. The van der Waals surface area contributed by atoms with Crippen molar-refractivity contribution in [2.45, 2.75) is 11.8 Å². The second-order valence-corrected chi connectivity index (χ2v) is 5.11. The average Bonchev–Trinajstić information content (AvgIpc) is 2.33. The monoisotopic (exact) mass is 285 g/mol. The molecule has 9 heteroatoms. The number of hydrazine groups is 2. The number of nitrogens with one attached hydrogen (secondary N) is 1. The molecule has 101 valence electrons. The Hall–Kier alpha value is -2.13. The molecule has 0 atom stereocenters. The van der Waals surface area contributed by atoms with Gasteiger partial charge in [0.05, 0.1) is 16.8 Å². The second-order valence-electron chi connectivity index (χ2n) is 3.69. The Balaban J connectivity index is 2.30. The van der Waals surface area contributed by atoms with E-state index in [0.29, 0.717) is 5.56 Å². The predicted molar refractivity (Wildman–Crippen MR) is 66.0 cm³/mol. The number of anilines is 1. The van der Waals surface area contributed by atoms with Crippen LogP contribution in [-0.2, 0) is 10.1 Å². The van der Waals surface area contributed by atoms with Gasteiger partial charge >= 0.3 is 0 Å². The predicted octanol–water partition coefficient (Wildman–Crippen LogP) is 1.36. The first-order valence-electron chi connectivity index (χ1n) is 5.10. The van der Waals surface area contributed by atoms with Crippen molar-refractivity contribution in [3.63, 3.8) is 0 Å². The van der Waals surface area contributed by atoms with Crippen LogP contribution < -0.4 is 5.43 Å². The number of halogens is 1. The van der Waals surface area contributed by atoms with Crippen LogP contribution in [0.25, 0.3) is 0 Å². The third-order valence-corrected chi connectivity index (χ3v) is 3.18. The summed E-state index contributed by atoms with van der Waals surface area (Å²) in [6, 6.07) is 3.89. The summed E-state index contributed by atoms with van der Waals surface area (Å²) in [6.45, 7) is 1.69. The van der Waals surface area contributed by atoms with Crippen LogP contribution >= 0.6 is 0 Å². The normalized spacial score (nSPS) is 14.9. The van der Waals surface area contributed by atoms with Gasteiger partial charge in [0, 0.05) is 0 Å². The zero-order chi connectivity index (χ0) is 14.0. The lowest BCUT2D eigenvalue weighted by Crippen LogP contribution is -2.35.